The molecule has 0 bridgehead atoms. The highest BCUT2D eigenvalue weighted by Crippen LogP contribution is 2.27. The van der Waals surface area contributed by atoms with Gasteiger partial charge in [0.05, 0.1) is 0 Å². The maximum Gasteiger partial charge on any atom is 0.00392 e. The van der Waals surface area contributed by atoms with Crippen LogP contribution in [0.3, 0.4) is 0 Å². The molecule has 1 aliphatic rings. The monoisotopic (exact) mass is 169 g/mol. The van der Waals surface area contributed by atoms with E-state index in [-0.39, 0.29) is 0 Å². The first-order chi connectivity index (χ1) is 5.70. The second-order valence-electron chi connectivity index (χ2n) is 3.46. The summed E-state index contributed by atoms with van der Waals surface area (Å²) in [6, 6.07) is 0.468. The molecule has 0 saturated heterocycles. The van der Waals surface area contributed by atoms with Gasteiger partial charge in [0.2, 0.25) is 0 Å². The molecule has 0 amide bonds. The van der Waals surface area contributed by atoms with Crippen LogP contribution in [0.25, 0.3) is 0 Å². The lowest BCUT2D eigenvalue weighted by molar-refractivity contribution is 0.363. The number of rotatable bonds is 1. The van der Waals surface area contributed by atoms with Gasteiger partial charge < -0.3 is 5.73 Å². The van der Waals surface area contributed by atoms with E-state index in [1.165, 1.54) is 31.3 Å². The maximum absolute atomic E-state index is 5.77. The van der Waals surface area contributed by atoms with Crippen molar-refractivity contribution in [2.75, 3.05) is 0 Å². The van der Waals surface area contributed by atoms with Gasteiger partial charge in [-0.05, 0) is 38.5 Å². The van der Waals surface area contributed by atoms with Gasteiger partial charge in [-0.15, -0.1) is 0 Å². The van der Waals surface area contributed by atoms with Gasteiger partial charge in [0.1, 0.15) is 0 Å². The largest absolute Gasteiger partial charge is 0.328 e. The van der Waals surface area contributed by atoms with Crippen LogP contribution < -0.4 is 5.73 Å². The molecule has 2 N–H and O–H groups in total. The molecule has 0 aromatic heterocycles. The van der Waals surface area contributed by atoms with Crippen LogP contribution in [0.4, 0.5) is 0 Å². The molecule has 1 rings (SSSR count). The fraction of sp³-hybridized carbons (Fsp3) is 0.818. The van der Waals surface area contributed by atoms with Crippen LogP contribution in [-0.2, 0) is 0 Å². The number of hydrogen-bond donors (Lipinski definition) is 1. The summed E-state index contributed by atoms with van der Waals surface area (Å²) in [6.07, 6.45) is 4.90. The van der Waals surface area contributed by atoms with Crippen LogP contribution in [0, 0.1) is 5.92 Å². The summed E-state index contributed by atoms with van der Waals surface area (Å²) in [5.41, 5.74) is 7.11. The van der Waals surface area contributed by atoms with Gasteiger partial charge in [-0.2, -0.15) is 0 Å². The molecule has 1 nitrogen and oxygen atoms in total. The summed E-state index contributed by atoms with van der Waals surface area (Å²) < 4.78 is 0. The third-order valence-electron chi connectivity index (χ3n) is 2.47. The molecule has 1 saturated carbocycles. The van der Waals surface area contributed by atoms with Gasteiger partial charge >= 0.3 is 0 Å². The minimum absolute atomic E-state index is 0.468. The second-order valence-corrected chi connectivity index (χ2v) is 3.46. The minimum Gasteiger partial charge on any atom is -0.328 e. The highest BCUT2D eigenvalue weighted by atomic mass is 14.6. The summed E-state index contributed by atoms with van der Waals surface area (Å²) in [5.74, 6) is 0.764. The van der Waals surface area contributed by atoms with Crippen LogP contribution in [0.15, 0.2) is 12.2 Å². The molecule has 0 aromatic rings. The van der Waals surface area contributed by atoms with Crippen molar-refractivity contribution < 1.29 is 0 Å². The topological polar surface area (TPSA) is 26.0 Å². The molecular formula is C11H23N. The molecule has 12 heavy (non-hydrogen) atoms. The smallest absolute Gasteiger partial charge is 0.00392 e. The minimum atomic E-state index is 0.468. The zero-order valence-corrected chi connectivity index (χ0v) is 8.77. The van der Waals surface area contributed by atoms with Crippen molar-refractivity contribution in [2.24, 2.45) is 11.7 Å². The Bertz CT molecular complexity index is 121. The van der Waals surface area contributed by atoms with Crippen LogP contribution >= 0.6 is 0 Å². The van der Waals surface area contributed by atoms with E-state index >= 15 is 0 Å². The van der Waals surface area contributed by atoms with Crippen LogP contribution in [0.2, 0.25) is 0 Å². The van der Waals surface area contributed by atoms with Gasteiger partial charge in [-0.25, -0.2) is 0 Å². The Hall–Kier alpha value is -0.300. The van der Waals surface area contributed by atoms with Crippen molar-refractivity contribution in [3.8, 4) is 0 Å². The average molecular weight is 169 g/mol. The lowest BCUT2D eigenvalue weighted by atomic mass is 9.83. The molecule has 0 aromatic carbocycles. The average Bonchev–Trinajstić information content (AvgIpc) is 2.09. The Morgan fingerprint density at radius 1 is 1.17 bits per heavy atom. The molecule has 0 unspecified atom stereocenters. The van der Waals surface area contributed by atoms with Crippen molar-refractivity contribution in [2.45, 2.75) is 52.5 Å². The van der Waals surface area contributed by atoms with Crippen molar-refractivity contribution in [1.29, 1.82) is 0 Å². The van der Waals surface area contributed by atoms with Gasteiger partial charge in [0, 0.05) is 6.04 Å². The Kier molecular flexibility index (Phi) is 6.09. The fourth-order valence-corrected chi connectivity index (χ4v) is 1.61. The van der Waals surface area contributed by atoms with Crippen molar-refractivity contribution in [1.82, 2.24) is 0 Å². The van der Waals surface area contributed by atoms with E-state index in [9.17, 15) is 0 Å². The summed E-state index contributed by atoms with van der Waals surface area (Å²) in [6.45, 7) is 10.1. The molecule has 0 aliphatic heterocycles. The van der Waals surface area contributed by atoms with Crippen LogP contribution in [0.5, 0.6) is 0 Å². The highest BCUT2D eigenvalue weighted by molar-refractivity contribution is 4.98. The van der Waals surface area contributed by atoms with Crippen molar-refractivity contribution in [3.63, 3.8) is 0 Å². The summed E-state index contributed by atoms with van der Waals surface area (Å²) in [4.78, 5) is 0. The van der Waals surface area contributed by atoms with E-state index in [2.05, 4.69) is 13.5 Å². The molecule has 0 heterocycles. The number of nitrogens with two attached hydrogens (primary N) is 1. The van der Waals surface area contributed by atoms with E-state index in [0.717, 1.165) is 5.92 Å². The first-order valence-electron chi connectivity index (χ1n) is 5.11. The first-order valence-corrected chi connectivity index (χ1v) is 5.11. The normalized spacial score (nSPS) is 28.7. The van der Waals surface area contributed by atoms with Crippen LogP contribution in [0.1, 0.15) is 46.5 Å². The SMILES string of the molecule is C=C(C)C1CCC(N)CC1.CC. The van der Waals surface area contributed by atoms with Gasteiger partial charge in [0.25, 0.3) is 0 Å². The molecule has 0 radical (unpaired) electrons. The number of hydrogen-bond acceptors (Lipinski definition) is 1. The van der Waals surface area contributed by atoms with Crippen molar-refractivity contribution in [3.05, 3.63) is 12.2 Å². The molecule has 0 atom stereocenters. The van der Waals surface area contributed by atoms with Crippen molar-refractivity contribution >= 4 is 0 Å². The zero-order valence-electron chi connectivity index (χ0n) is 8.77. The molecule has 1 aliphatic carbocycles. The predicted molar refractivity (Wildman–Crippen MR) is 56.1 cm³/mol. The Labute approximate surface area is 77.0 Å². The Balaban J connectivity index is 0.000000561. The fourth-order valence-electron chi connectivity index (χ4n) is 1.61. The second kappa shape index (κ2) is 6.24. The standard InChI is InChI=1S/C9H17N.C2H6/c1-7(2)8-3-5-9(10)6-4-8;1-2/h8-9H,1,3-6,10H2,2H3;1-2H3. The maximum atomic E-state index is 5.77. The zero-order chi connectivity index (χ0) is 9.56. The highest BCUT2D eigenvalue weighted by Gasteiger charge is 2.18. The molecule has 1 heteroatoms. The summed E-state index contributed by atoms with van der Waals surface area (Å²) >= 11 is 0. The van der Waals surface area contributed by atoms with Crippen LogP contribution in [-0.4, -0.2) is 6.04 Å². The Morgan fingerprint density at radius 2 is 1.58 bits per heavy atom. The van der Waals surface area contributed by atoms with Gasteiger partial charge in [-0.1, -0.05) is 26.0 Å². The molecule has 1 fully saturated rings. The Morgan fingerprint density at radius 3 is 1.92 bits per heavy atom. The molecule has 0 spiro atoms. The summed E-state index contributed by atoms with van der Waals surface area (Å²) in [7, 11) is 0. The quantitative estimate of drug-likeness (QED) is 0.600. The molecule has 72 valence electrons. The number of allylic oxidation sites excluding steroid dienone is 1. The van der Waals surface area contributed by atoms with Gasteiger partial charge in [0.15, 0.2) is 0 Å². The first kappa shape index (κ1) is 11.7. The third-order valence-corrected chi connectivity index (χ3v) is 2.47. The van der Waals surface area contributed by atoms with E-state index in [1.807, 2.05) is 13.8 Å². The van der Waals surface area contributed by atoms with Gasteiger partial charge in [-0.3, -0.25) is 0 Å². The lowest BCUT2D eigenvalue weighted by Crippen LogP contribution is -2.26. The predicted octanol–water partition coefficient (Wildman–Crippen LogP) is 3.11. The van der Waals surface area contributed by atoms with E-state index in [0.29, 0.717) is 6.04 Å². The lowest BCUT2D eigenvalue weighted by Gasteiger charge is -2.25. The summed E-state index contributed by atoms with van der Waals surface area (Å²) in [5, 5.41) is 0. The van der Waals surface area contributed by atoms with E-state index in [1.54, 1.807) is 0 Å². The third kappa shape index (κ3) is 3.91. The van der Waals surface area contributed by atoms with E-state index < -0.39 is 0 Å². The molecular weight excluding hydrogens is 146 g/mol. The van der Waals surface area contributed by atoms with E-state index in [4.69, 9.17) is 5.73 Å².